The normalized spacial score (nSPS) is 18.1. The van der Waals surface area contributed by atoms with Gasteiger partial charge >= 0.3 is 0 Å². The number of aliphatic hydroxyl groups is 2. The molecule has 1 aromatic heterocycles. The number of carbonyl (C=O) groups is 1. The van der Waals surface area contributed by atoms with E-state index in [9.17, 15) is 30.0 Å². The summed E-state index contributed by atoms with van der Waals surface area (Å²) < 4.78 is 23.0. The lowest BCUT2D eigenvalue weighted by Crippen LogP contribution is -2.35. The van der Waals surface area contributed by atoms with E-state index in [2.05, 4.69) is 0 Å². The van der Waals surface area contributed by atoms with Crippen LogP contribution in [0.25, 0.3) is 28.1 Å². The fourth-order valence-corrected chi connectivity index (χ4v) is 4.77. The summed E-state index contributed by atoms with van der Waals surface area (Å²) >= 11 is 0. The lowest BCUT2D eigenvalue weighted by Gasteiger charge is -2.31. The van der Waals surface area contributed by atoms with Crippen molar-refractivity contribution in [2.75, 3.05) is 7.11 Å². The number of aliphatic hydroxyl groups excluding tert-OH is 2. The number of ketones is 1. The maximum absolute atomic E-state index is 13.0. The quantitative estimate of drug-likeness (QED) is 0.249. The SMILES string of the molecule is COc1cc2oc(-c3ccc(O)cc3)cc(=O)c2c(O)c1Oc1ccc(C2=CC(=O)C3C(O)=CC(O)=CC3O2)cc1. The number of carbonyl (C=O) groups excluding carboxylic acids is 1. The molecule has 206 valence electrons. The molecule has 1 aliphatic carbocycles. The van der Waals surface area contributed by atoms with Crippen molar-refractivity contribution in [3.63, 3.8) is 0 Å². The Morgan fingerprint density at radius 3 is 2.27 bits per heavy atom. The van der Waals surface area contributed by atoms with Crippen LogP contribution in [0.3, 0.4) is 0 Å². The van der Waals surface area contributed by atoms with Crippen LogP contribution in [0.1, 0.15) is 5.56 Å². The van der Waals surface area contributed by atoms with E-state index < -0.39 is 23.2 Å². The van der Waals surface area contributed by atoms with E-state index in [4.69, 9.17) is 18.6 Å². The number of benzene rings is 3. The van der Waals surface area contributed by atoms with E-state index in [0.29, 0.717) is 11.1 Å². The summed E-state index contributed by atoms with van der Waals surface area (Å²) in [6, 6.07) is 15.2. The zero-order valence-corrected chi connectivity index (χ0v) is 21.4. The van der Waals surface area contributed by atoms with Gasteiger partial charge < -0.3 is 39.1 Å². The van der Waals surface area contributed by atoms with Gasteiger partial charge in [0.1, 0.15) is 57.5 Å². The summed E-state index contributed by atoms with van der Waals surface area (Å²) in [5.41, 5.74) is 0.649. The number of hydrogen-bond donors (Lipinski definition) is 4. The highest BCUT2D eigenvalue weighted by molar-refractivity contribution is 6.00. The molecule has 2 unspecified atom stereocenters. The molecule has 2 heterocycles. The Bertz CT molecular complexity index is 1840. The van der Waals surface area contributed by atoms with E-state index >= 15 is 0 Å². The second-order valence-corrected chi connectivity index (χ2v) is 9.41. The van der Waals surface area contributed by atoms with Gasteiger partial charge in [0.2, 0.25) is 5.75 Å². The van der Waals surface area contributed by atoms with Crippen LogP contribution in [0.5, 0.6) is 28.7 Å². The average Bonchev–Trinajstić information content (AvgIpc) is 2.94. The minimum absolute atomic E-state index is 0.0653. The van der Waals surface area contributed by atoms with Gasteiger partial charge in [0, 0.05) is 35.4 Å². The smallest absolute Gasteiger partial charge is 0.211 e. The highest BCUT2D eigenvalue weighted by Crippen LogP contribution is 2.45. The van der Waals surface area contributed by atoms with E-state index in [1.54, 1.807) is 36.4 Å². The van der Waals surface area contributed by atoms with E-state index in [0.717, 1.165) is 6.08 Å². The molecule has 0 spiro atoms. The first-order chi connectivity index (χ1) is 19.7. The molecule has 0 bridgehead atoms. The number of hydrogen-bond acceptors (Lipinski definition) is 10. The zero-order chi connectivity index (χ0) is 28.8. The number of aromatic hydroxyl groups is 2. The Morgan fingerprint density at radius 1 is 0.854 bits per heavy atom. The summed E-state index contributed by atoms with van der Waals surface area (Å²) in [7, 11) is 1.38. The largest absolute Gasteiger partial charge is 0.511 e. The molecule has 1 aliphatic heterocycles. The van der Waals surface area contributed by atoms with Crippen molar-refractivity contribution in [2.24, 2.45) is 5.92 Å². The number of rotatable bonds is 5. The molecule has 0 fully saturated rings. The van der Waals surface area contributed by atoms with Gasteiger partial charge in [0.15, 0.2) is 22.7 Å². The first-order valence-electron chi connectivity index (χ1n) is 12.4. The fourth-order valence-electron chi connectivity index (χ4n) is 4.77. The first kappa shape index (κ1) is 25.6. The Labute approximate surface area is 231 Å². The minimum Gasteiger partial charge on any atom is -0.511 e. The van der Waals surface area contributed by atoms with Crippen LogP contribution in [0, 0.1) is 5.92 Å². The average molecular weight is 555 g/mol. The predicted molar refractivity (Wildman–Crippen MR) is 147 cm³/mol. The van der Waals surface area contributed by atoms with Crippen molar-refractivity contribution in [1.29, 1.82) is 0 Å². The highest BCUT2D eigenvalue weighted by Gasteiger charge is 2.38. The minimum atomic E-state index is -0.921. The monoisotopic (exact) mass is 554 g/mol. The number of methoxy groups -OCH3 is 1. The molecule has 10 nitrogen and oxygen atoms in total. The van der Waals surface area contributed by atoms with Gasteiger partial charge in [-0.3, -0.25) is 9.59 Å². The van der Waals surface area contributed by atoms with E-state index in [1.807, 2.05) is 0 Å². The summed E-state index contributed by atoms with van der Waals surface area (Å²) in [5.74, 6) is -1.39. The molecule has 0 saturated heterocycles. The molecule has 0 amide bonds. The first-order valence-corrected chi connectivity index (χ1v) is 12.4. The van der Waals surface area contributed by atoms with Gasteiger partial charge in [-0.25, -0.2) is 0 Å². The van der Waals surface area contributed by atoms with Crippen LogP contribution in [0.4, 0.5) is 0 Å². The second kappa shape index (κ2) is 9.83. The Kier molecular flexibility index (Phi) is 6.15. The third-order valence-electron chi connectivity index (χ3n) is 6.76. The van der Waals surface area contributed by atoms with Crippen LogP contribution in [-0.2, 0) is 9.53 Å². The molecule has 4 N–H and O–H groups in total. The number of phenolic OH excluding ortho intramolecular Hbond substituents is 2. The summed E-state index contributed by atoms with van der Waals surface area (Å²) in [4.78, 5) is 25.6. The number of phenols is 2. The van der Waals surface area contributed by atoms with Crippen molar-refractivity contribution in [2.45, 2.75) is 6.10 Å². The lowest BCUT2D eigenvalue weighted by molar-refractivity contribution is -0.121. The van der Waals surface area contributed by atoms with Crippen LogP contribution in [0.2, 0.25) is 0 Å². The van der Waals surface area contributed by atoms with Crippen LogP contribution in [-0.4, -0.2) is 39.4 Å². The number of fused-ring (bicyclic) bond motifs is 2. The van der Waals surface area contributed by atoms with E-state index in [1.165, 1.54) is 43.5 Å². The highest BCUT2D eigenvalue weighted by atomic mass is 16.5. The van der Waals surface area contributed by atoms with Gasteiger partial charge in [-0.1, -0.05) is 0 Å². The molecule has 2 aliphatic rings. The predicted octanol–water partition coefficient (Wildman–Crippen LogP) is 5.49. The number of ether oxygens (including phenoxy) is 3. The summed E-state index contributed by atoms with van der Waals surface area (Å²) in [6.07, 6.45) is 2.89. The van der Waals surface area contributed by atoms with Crippen LogP contribution < -0.4 is 14.9 Å². The van der Waals surface area contributed by atoms with Gasteiger partial charge in [-0.2, -0.15) is 0 Å². The van der Waals surface area contributed by atoms with Gasteiger partial charge in [0.25, 0.3) is 0 Å². The van der Waals surface area contributed by atoms with Crippen molar-refractivity contribution in [3.05, 3.63) is 106 Å². The van der Waals surface area contributed by atoms with Crippen molar-refractivity contribution >= 4 is 22.5 Å². The third kappa shape index (κ3) is 4.61. The van der Waals surface area contributed by atoms with Crippen molar-refractivity contribution in [3.8, 4) is 40.1 Å². The van der Waals surface area contributed by atoms with Gasteiger partial charge in [-0.15, -0.1) is 0 Å². The Balaban J connectivity index is 1.30. The summed E-state index contributed by atoms with van der Waals surface area (Å²) in [6.45, 7) is 0. The molecule has 6 rings (SSSR count). The molecule has 0 radical (unpaired) electrons. The number of allylic oxidation sites excluding steroid dienone is 2. The molecular formula is C31H22O10. The Hall–Kier alpha value is -5.64. The van der Waals surface area contributed by atoms with Gasteiger partial charge in [0.05, 0.1) is 7.11 Å². The van der Waals surface area contributed by atoms with Crippen LogP contribution >= 0.6 is 0 Å². The molecule has 10 heteroatoms. The lowest BCUT2D eigenvalue weighted by atomic mass is 9.88. The molecule has 0 saturated carbocycles. The third-order valence-corrected chi connectivity index (χ3v) is 6.76. The fraction of sp³-hybridized carbons (Fsp3) is 0.0968. The van der Waals surface area contributed by atoms with Crippen molar-refractivity contribution in [1.82, 2.24) is 0 Å². The van der Waals surface area contributed by atoms with Crippen LogP contribution in [0.15, 0.2) is 99.6 Å². The standard InChI is InChI=1S/C31H22O10/c1-38-27-14-26-29(22(36)13-24(41-26)15-2-6-17(32)7-3-15)30(37)31(27)39-19-8-4-16(5-9-19)23-12-21(35)28-20(34)10-18(33)11-25(28)40-23/h2-14,25,28,32-34,37H,1H3. The molecular weight excluding hydrogens is 532 g/mol. The summed E-state index contributed by atoms with van der Waals surface area (Å²) in [5, 5.41) is 40.3. The molecule has 4 aromatic rings. The van der Waals surface area contributed by atoms with Gasteiger partial charge in [-0.05, 0) is 54.6 Å². The molecule has 2 atom stereocenters. The maximum atomic E-state index is 13.0. The molecule has 3 aromatic carbocycles. The molecule has 41 heavy (non-hydrogen) atoms. The zero-order valence-electron chi connectivity index (χ0n) is 21.4. The topological polar surface area (TPSA) is 156 Å². The Morgan fingerprint density at radius 2 is 1.56 bits per heavy atom. The second-order valence-electron chi connectivity index (χ2n) is 9.41. The maximum Gasteiger partial charge on any atom is 0.211 e. The van der Waals surface area contributed by atoms with Crippen molar-refractivity contribution < 1.29 is 43.8 Å². The van der Waals surface area contributed by atoms with E-state index in [-0.39, 0.29) is 62.8 Å².